The number of anilines is 1. The Bertz CT molecular complexity index is 472. The molecule has 19 heavy (non-hydrogen) atoms. The second kappa shape index (κ2) is 6.74. The molecule has 1 heterocycles. The summed E-state index contributed by atoms with van der Waals surface area (Å²) >= 11 is 6.10. The highest BCUT2D eigenvalue weighted by molar-refractivity contribution is 6.34. The molecular formula is C14H18ClN3O. The van der Waals surface area contributed by atoms with Gasteiger partial charge in [-0.15, -0.1) is 0 Å². The average molecular weight is 280 g/mol. The number of halogens is 1. The molecule has 5 heteroatoms. The van der Waals surface area contributed by atoms with E-state index in [1.807, 2.05) is 6.07 Å². The van der Waals surface area contributed by atoms with Crippen LogP contribution in [0.2, 0.25) is 5.02 Å². The van der Waals surface area contributed by atoms with E-state index in [1.165, 1.54) is 12.8 Å². The molecule has 0 amide bonds. The first-order chi connectivity index (χ1) is 9.26. The molecule has 1 fully saturated rings. The van der Waals surface area contributed by atoms with Gasteiger partial charge in [0.15, 0.2) is 0 Å². The second-order valence-corrected chi connectivity index (χ2v) is 5.38. The van der Waals surface area contributed by atoms with Gasteiger partial charge in [0, 0.05) is 19.3 Å². The third-order valence-electron chi connectivity index (χ3n) is 3.84. The lowest BCUT2D eigenvalue weighted by molar-refractivity contribution is 0.141. The van der Waals surface area contributed by atoms with Crippen molar-refractivity contribution < 1.29 is 5.11 Å². The van der Waals surface area contributed by atoms with E-state index in [9.17, 15) is 5.11 Å². The molecule has 0 saturated heterocycles. The van der Waals surface area contributed by atoms with E-state index in [0.29, 0.717) is 28.2 Å². The molecule has 0 aliphatic heterocycles. The van der Waals surface area contributed by atoms with Crippen LogP contribution in [0.5, 0.6) is 0 Å². The molecule has 0 bridgehead atoms. The zero-order chi connectivity index (χ0) is 13.7. The normalized spacial score (nSPS) is 22.8. The number of rotatable bonds is 4. The molecule has 1 saturated carbocycles. The van der Waals surface area contributed by atoms with Gasteiger partial charge >= 0.3 is 0 Å². The van der Waals surface area contributed by atoms with Gasteiger partial charge in [-0.05, 0) is 30.7 Å². The van der Waals surface area contributed by atoms with Crippen LogP contribution in [0.15, 0.2) is 12.3 Å². The highest BCUT2D eigenvalue weighted by atomic mass is 35.5. The zero-order valence-corrected chi connectivity index (χ0v) is 11.5. The maximum Gasteiger partial charge on any atom is 0.146 e. The summed E-state index contributed by atoms with van der Waals surface area (Å²) in [6.07, 6.45) is 6.19. The van der Waals surface area contributed by atoms with Gasteiger partial charge in [-0.3, -0.25) is 0 Å². The summed E-state index contributed by atoms with van der Waals surface area (Å²) in [5.74, 6) is 1.37. The highest BCUT2D eigenvalue weighted by Crippen LogP contribution is 2.30. The highest BCUT2D eigenvalue weighted by Gasteiger charge is 2.24. The monoisotopic (exact) mass is 279 g/mol. The molecule has 2 rings (SSSR count). The van der Waals surface area contributed by atoms with Gasteiger partial charge in [-0.2, -0.15) is 5.26 Å². The van der Waals surface area contributed by atoms with Crippen molar-refractivity contribution in [3.8, 4) is 6.07 Å². The predicted octanol–water partition coefficient (Wildman–Crippen LogP) is 2.82. The van der Waals surface area contributed by atoms with E-state index in [1.54, 1.807) is 12.3 Å². The van der Waals surface area contributed by atoms with E-state index in [4.69, 9.17) is 16.9 Å². The van der Waals surface area contributed by atoms with E-state index in [0.717, 1.165) is 19.4 Å². The van der Waals surface area contributed by atoms with Crippen LogP contribution in [0.1, 0.15) is 31.2 Å². The fourth-order valence-electron chi connectivity index (χ4n) is 2.67. The van der Waals surface area contributed by atoms with Crippen molar-refractivity contribution in [1.29, 1.82) is 5.26 Å². The van der Waals surface area contributed by atoms with Crippen molar-refractivity contribution in [3.05, 3.63) is 22.8 Å². The van der Waals surface area contributed by atoms with Gasteiger partial charge in [0.25, 0.3) is 0 Å². The summed E-state index contributed by atoms with van der Waals surface area (Å²) in [5, 5.41) is 21.9. The van der Waals surface area contributed by atoms with Crippen LogP contribution in [-0.2, 0) is 0 Å². The third kappa shape index (κ3) is 3.37. The maximum atomic E-state index is 9.38. The molecule has 1 aromatic heterocycles. The Labute approximate surface area is 118 Å². The smallest absolute Gasteiger partial charge is 0.146 e. The van der Waals surface area contributed by atoms with Gasteiger partial charge in [-0.25, -0.2) is 4.98 Å². The summed E-state index contributed by atoms with van der Waals surface area (Å²) < 4.78 is 0. The quantitative estimate of drug-likeness (QED) is 0.889. The topological polar surface area (TPSA) is 68.9 Å². The fraction of sp³-hybridized carbons (Fsp3) is 0.571. The summed E-state index contributed by atoms with van der Waals surface area (Å²) in [6, 6.07) is 3.64. The Morgan fingerprint density at radius 1 is 1.42 bits per heavy atom. The first kappa shape index (κ1) is 14.1. The first-order valence-corrected chi connectivity index (χ1v) is 7.03. The molecule has 1 aromatic rings. The van der Waals surface area contributed by atoms with Crippen molar-refractivity contribution in [2.45, 2.75) is 25.7 Å². The van der Waals surface area contributed by atoms with Gasteiger partial charge in [-0.1, -0.05) is 24.4 Å². The Hall–Kier alpha value is -1.31. The molecule has 0 spiro atoms. The van der Waals surface area contributed by atoms with Crippen molar-refractivity contribution in [2.24, 2.45) is 11.8 Å². The van der Waals surface area contributed by atoms with Gasteiger partial charge in [0.2, 0.25) is 0 Å². The summed E-state index contributed by atoms with van der Waals surface area (Å²) in [4.78, 5) is 4.17. The van der Waals surface area contributed by atoms with Crippen molar-refractivity contribution >= 4 is 17.4 Å². The van der Waals surface area contributed by atoms with Gasteiger partial charge in [0.1, 0.15) is 16.9 Å². The first-order valence-electron chi connectivity index (χ1n) is 6.65. The number of aliphatic hydroxyl groups excluding tert-OH is 1. The van der Waals surface area contributed by atoms with Crippen LogP contribution in [0.4, 0.5) is 5.82 Å². The van der Waals surface area contributed by atoms with Gasteiger partial charge < -0.3 is 10.4 Å². The molecule has 2 N–H and O–H groups in total. The molecule has 2 unspecified atom stereocenters. The SMILES string of the molecule is N#Cc1ccnc(NCC2CCCCC2CO)c1Cl. The van der Waals surface area contributed by atoms with E-state index < -0.39 is 0 Å². The minimum absolute atomic E-state index is 0.242. The molecule has 4 nitrogen and oxygen atoms in total. The van der Waals surface area contributed by atoms with Crippen LogP contribution in [-0.4, -0.2) is 23.2 Å². The average Bonchev–Trinajstić information content (AvgIpc) is 2.46. The predicted molar refractivity (Wildman–Crippen MR) is 75.0 cm³/mol. The molecule has 0 radical (unpaired) electrons. The van der Waals surface area contributed by atoms with Crippen molar-refractivity contribution in [2.75, 3.05) is 18.5 Å². The second-order valence-electron chi connectivity index (χ2n) is 5.00. The third-order valence-corrected chi connectivity index (χ3v) is 4.22. The number of nitrogens with one attached hydrogen (secondary N) is 1. The minimum atomic E-state index is 0.242. The molecule has 1 aliphatic carbocycles. The lowest BCUT2D eigenvalue weighted by Crippen LogP contribution is -2.28. The van der Waals surface area contributed by atoms with Crippen LogP contribution in [0.25, 0.3) is 0 Å². The lowest BCUT2D eigenvalue weighted by Gasteiger charge is -2.30. The Balaban J connectivity index is 2.00. The minimum Gasteiger partial charge on any atom is -0.396 e. The largest absolute Gasteiger partial charge is 0.396 e. The van der Waals surface area contributed by atoms with Gasteiger partial charge in [0.05, 0.1) is 5.56 Å². The number of hydrogen-bond acceptors (Lipinski definition) is 4. The standard InChI is InChI=1S/C14H18ClN3O/c15-13-10(7-16)5-6-17-14(13)18-8-11-3-1-2-4-12(11)9-19/h5-6,11-12,19H,1-4,8-9H2,(H,17,18). The maximum absolute atomic E-state index is 9.38. The van der Waals surface area contributed by atoms with Crippen LogP contribution < -0.4 is 5.32 Å². The van der Waals surface area contributed by atoms with Crippen molar-refractivity contribution in [3.63, 3.8) is 0 Å². The Morgan fingerprint density at radius 2 is 2.16 bits per heavy atom. The molecule has 1 aliphatic rings. The number of aromatic nitrogens is 1. The molecule has 2 atom stereocenters. The molecular weight excluding hydrogens is 262 g/mol. The zero-order valence-electron chi connectivity index (χ0n) is 10.8. The van der Waals surface area contributed by atoms with Crippen LogP contribution in [0.3, 0.4) is 0 Å². The lowest BCUT2D eigenvalue weighted by atomic mass is 9.79. The number of nitrogens with zero attached hydrogens (tertiary/aromatic N) is 2. The summed E-state index contributed by atoms with van der Waals surface area (Å²) in [5.41, 5.74) is 0.432. The number of nitriles is 1. The number of aliphatic hydroxyl groups is 1. The van der Waals surface area contributed by atoms with E-state index in [2.05, 4.69) is 10.3 Å². The molecule has 102 valence electrons. The molecule has 0 aromatic carbocycles. The Morgan fingerprint density at radius 3 is 2.84 bits per heavy atom. The number of pyridine rings is 1. The van der Waals surface area contributed by atoms with E-state index in [-0.39, 0.29) is 6.61 Å². The number of hydrogen-bond donors (Lipinski definition) is 2. The van der Waals surface area contributed by atoms with Crippen LogP contribution in [0, 0.1) is 23.2 Å². The van der Waals surface area contributed by atoms with Crippen molar-refractivity contribution in [1.82, 2.24) is 4.98 Å². The Kier molecular flexibility index (Phi) is 5.00. The fourth-order valence-corrected chi connectivity index (χ4v) is 2.90. The van der Waals surface area contributed by atoms with E-state index >= 15 is 0 Å². The summed E-state index contributed by atoms with van der Waals surface area (Å²) in [6.45, 7) is 0.985. The summed E-state index contributed by atoms with van der Waals surface area (Å²) in [7, 11) is 0. The van der Waals surface area contributed by atoms with Crippen LogP contribution >= 0.6 is 11.6 Å².